The fourth-order valence-electron chi connectivity index (χ4n) is 3.34. The normalized spacial score (nSPS) is 20.3. The molecule has 1 saturated heterocycles. The number of amides is 3. The van der Waals surface area contributed by atoms with Crippen LogP contribution in [0.2, 0.25) is 0 Å². The Hall–Kier alpha value is -3.15. The Labute approximate surface area is 144 Å². The molecule has 1 fully saturated rings. The molecule has 126 valence electrons. The van der Waals surface area contributed by atoms with E-state index < -0.39 is 11.6 Å². The Balaban J connectivity index is 1.74. The van der Waals surface area contributed by atoms with Crippen LogP contribution in [0.15, 0.2) is 53.1 Å². The number of benzene rings is 2. The van der Waals surface area contributed by atoms with Crippen LogP contribution in [-0.2, 0) is 16.9 Å². The molecule has 0 aliphatic carbocycles. The zero-order valence-corrected chi connectivity index (χ0v) is 13.9. The Morgan fingerprint density at radius 2 is 1.92 bits per heavy atom. The lowest BCUT2D eigenvalue weighted by Gasteiger charge is -2.23. The fraction of sp³-hybridized carbons (Fsp3) is 0.211. The van der Waals surface area contributed by atoms with Crippen molar-refractivity contribution < 1.29 is 14.1 Å². The summed E-state index contributed by atoms with van der Waals surface area (Å²) in [6.07, 6.45) is 0. The number of aromatic nitrogens is 1. The second-order valence-corrected chi connectivity index (χ2v) is 6.40. The van der Waals surface area contributed by atoms with Crippen LogP contribution in [0, 0.1) is 6.92 Å². The predicted octanol–water partition coefficient (Wildman–Crippen LogP) is 3.10. The molecule has 0 saturated carbocycles. The summed E-state index contributed by atoms with van der Waals surface area (Å²) in [6.45, 7) is 3.59. The van der Waals surface area contributed by atoms with E-state index in [0.29, 0.717) is 11.5 Å². The van der Waals surface area contributed by atoms with Gasteiger partial charge in [0.15, 0.2) is 0 Å². The van der Waals surface area contributed by atoms with Gasteiger partial charge in [0.25, 0.3) is 5.91 Å². The van der Waals surface area contributed by atoms with Crippen molar-refractivity contribution in [3.63, 3.8) is 0 Å². The molecule has 1 aromatic heterocycles. The number of nitrogens with one attached hydrogen (secondary N) is 1. The van der Waals surface area contributed by atoms with Gasteiger partial charge in [-0.2, -0.15) is 0 Å². The van der Waals surface area contributed by atoms with E-state index in [1.165, 1.54) is 4.90 Å². The highest BCUT2D eigenvalue weighted by Gasteiger charge is 2.49. The van der Waals surface area contributed by atoms with E-state index in [1.807, 2.05) is 42.5 Å². The van der Waals surface area contributed by atoms with Crippen molar-refractivity contribution >= 4 is 22.7 Å². The molecule has 2 heterocycles. The molecule has 1 atom stereocenters. The van der Waals surface area contributed by atoms with E-state index in [2.05, 4.69) is 10.5 Å². The van der Waals surface area contributed by atoms with Gasteiger partial charge in [-0.15, -0.1) is 0 Å². The molecule has 1 aliphatic heterocycles. The summed E-state index contributed by atoms with van der Waals surface area (Å²) in [5.74, 6) is 0.341. The van der Waals surface area contributed by atoms with Crippen LogP contribution in [0.25, 0.3) is 10.8 Å². The lowest BCUT2D eigenvalue weighted by atomic mass is 9.88. The molecule has 0 radical (unpaired) electrons. The minimum Gasteiger partial charge on any atom is -0.361 e. The van der Waals surface area contributed by atoms with Gasteiger partial charge in [0.05, 0.1) is 6.54 Å². The predicted molar refractivity (Wildman–Crippen MR) is 91.6 cm³/mol. The molecule has 6 heteroatoms. The van der Waals surface area contributed by atoms with Gasteiger partial charge in [-0.1, -0.05) is 47.6 Å². The van der Waals surface area contributed by atoms with Gasteiger partial charge in [-0.3, -0.25) is 9.69 Å². The number of hydrogen-bond acceptors (Lipinski definition) is 4. The number of carbonyl (C=O) groups excluding carboxylic acids is 2. The van der Waals surface area contributed by atoms with E-state index in [-0.39, 0.29) is 12.5 Å². The van der Waals surface area contributed by atoms with Crippen molar-refractivity contribution in [3.8, 4) is 0 Å². The molecule has 0 bridgehead atoms. The summed E-state index contributed by atoms with van der Waals surface area (Å²) < 4.78 is 5.02. The first kappa shape index (κ1) is 15.4. The van der Waals surface area contributed by atoms with Crippen LogP contribution < -0.4 is 5.32 Å². The molecule has 2 aromatic carbocycles. The SMILES string of the molecule is Cc1cc(CN2C(=O)N[C@@](C)(c3cccc4ccccc34)C2=O)no1. The number of urea groups is 1. The average molecular weight is 335 g/mol. The van der Waals surface area contributed by atoms with Gasteiger partial charge in [-0.25, -0.2) is 4.79 Å². The standard InChI is InChI=1S/C19H17N3O3/c1-12-10-14(21-25-12)11-22-17(23)19(2,20-18(22)24)16-9-5-7-13-6-3-4-8-15(13)16/h3-10H,11H2,1-2H3,(H,20,24)/t19-/m0/s1. The van der Waals surface area contributed by atoms with Crippen molar-refractivity contribution in [1.82, 2.24) is 15.4 Å². The van der Waals surface area contributed by atoms with Gasteiger partial charge in [0.2, 0.25) is 0 Å². The molecule has 0 spiro atoms. The third-order valence-corrected chi connectivity index (χ3v) is 4.60. The zero-order chi connectivity index (χ0) is 17.6. The van der Waals surface area contributed by atoms with Crippen LogP contribution in [0.5, 0.6) is 0 Å². The average Bonchev–Trinajstić information content (AvgIpc) is 3.11. The Bertz CT molecular complexity index is 989. The molecule has 25 heavy (non-hydrogen) atoms. The molecule has 0 unspecified atom stereocenters. The molecular weight excluding hydrogens is 318 g/mol. The maximum Gasteiger partial charge on any atom is 0.325 e. The van der Waals surface area contributed by atoms with Gasteiger partial charge in [-0.05, 0) is 30.2 Å². The third kappa shape index (κ3) is 2.38. The Morgan fingerprint density at radius 1 is 1.16 bits per heavy atom. The van der Waals surface area contributed by atoms with E-state index in [1.54, 1.807) is 19.9 Å². The summed E-state index contributed by atoms with van der Waals surface area (Å²) >= 11 is 0. The highest BCUT2D eigenvalue weighted by molar-refractivity contribution is 6.09. The molecular formula is C19H17N3O3. The molecule has 3 amide bonds. The first-order valence-corrected chi connectivity index (χ1v) is 8.03. The molecule has 3 aromatic rings. The molecule has 1 N–H and O–H groups in total. The van der Waals surface area contributed by atoms with E-state index in [9.17, 15) is 9.59 Å². The maximum atomic E-state index is 13.1. The number of imide groups is 1. The number of hydrogen-bond donors (Lipinski definition) is 1. The smallest absolute Gasteiger partial charge is 0.325 e. The monoisotopic (exact) mass is 335 g/mol. The van der Waals surface area contributed by atoms with Crippen molar-refractivity contribution in [2.24, 2.45) is 0 Å². The van der Waals surface area contributed by atoms with E-state index in [4.69, 9.17) is 4.52 Å². The lowest BCUT2D eigenvalue weighted by molar-refractivity contribution is -0.131. The molecule has 1 aliphatic rings. The van der Waals surface area contributed by atoms with Gasteiger partial charge in [0.1, 0.15) is 17.0 Å². The van der Waals surface area contributed by atoms with Crippen LogP contribution >= 0.6 is 0 Å². The first-order valence-electron chi connectivity index (χ1n) is 8.03. The van der Waals surface area contributed by atoms with Crippen LogP contribution in [0.3, 0.4) is 0 Å². The Morgan fingerprint density at radius 3 is 2.68 bits per heavy atom. The van der Waals surface area contributed by atoms with E-state index in [0.717, 1.165) is 16.3 Å². The molecule has 4 rings (SSSR count). The summed E-state index contributed by atoms with van der Waals surface area (Å²) in [6, 6.07) is 14.9. The van der Waals surface area contributed by atoms with Crippen LogP contribution in [-0.4, -0.2) is 22.0 Å². The van der Waals surface area contributed by atoms with Gasteiger partial charge in [0, 0.05) is 6.07 Å². The summed E-state index contributed by atoms with van der Waals surface area (Å²) in [7, 11) is 0. The number of nitrogens with zero attached hydrogens (tertiary/aromatic N) is 2. The second kappa shape index (κ2) is 5.44. The second-order valence-electron chi connectivity index (χ2n) is 6.40. The van der Waals surface area contributed by atoms with Crippen molar-refractivity contribution in [2.45, 2.75) is 25.9 Å². The minimum atomic E-state index is -1.11. The number of rotatable bonds is 3. The summed E-state index contributed by atoms with van der Waals surface area (Å²) in [5, 5.41) is 8.68. The lowest BCUT2D eigenvalue weighted by Crippen LogP contribution is -2.41. The molecule has 6 nitrogen and oxygen atoms in total. The number of carbonyl (C=O) groups is 2. The number of fused-ring (bicyclic) bond motifs is 1. The highest BCUT2D eigenvalue weighted by atomic mass is 16.5. The fourth-order valence-corrected chi connectivity index (χ4v) is 3.34. The summed E-state index contributed by atoms with van der Waals surface area (Å²) in [5.41, 5.74) is 0.211. The zero-order valence-electron chi connectivity index (χ0n) is 13.9. The first-order chi connectivity index (χ1) is 12.0. The third-order valence-electron chi connectivity index (χ3n) is 4.60. The quantitative estimate of drug-likeness (QED) is 0.746. The maximum absolute atomic E-state index is 13.1. The largest absolute Gasteiger partial charge is 0.361 e. The topological polar surface area (TPSA) is 75.4 Å². The van der Waals surface area contributed by atoms with E-state index >= 15 is 0 Å². The van der Waals surface area contributed by atoms with Crippen molar-refractivity contribution in [1.29, 1.82) is 0 Å². The van der Waals surface area contributed by atoms with Crippen LogP contribution in [0.1, 0.15) is 23.9 Å². The van der Waals surface area contributed by atoms with Gasteiger partial charge < -0.3 is 9.84 Å². The van der Waals surface area contributed by atoms with Crippen molar-refractivity contribution in [2.75, 3.05) is 0 Å². The number of aryl methyl sites for hydroxylation is 1. The highest BCUT2D eigenvalue weighted by Crippen LogP contribution is 2.34. The Kier molecular flexibility index (Phi) is 3.35. The van der Waals surface area contributed by atoms with Crippen LogP contribution in [0.4, 0.5) is 4.79 Å². The van der Waals surface area contributed by atoms with Gasteiger partial charge >= 0.3 is 6.03 Å². The minimum absolute atomic E-state index is 0.0857. The summed E-state index contributed by atoms with van der Waals surface area (Å²) in [4.78, 5) is 26.7. The van der Waals surface area contributed by atoms with Crippen molar-refractivity contribution in [3.05, 3.63) is 65.5 Å².